The first kappa shape index (κ1) is 23.3. The number of halogens is 3. The summed E-state index contributed by atoms with van der Waals surface area (Å²) in [4.78, 5) is 13.2. The van der Waals surface area contributed by atoms with Gasteiger partial charge in [0.05, 0.1) is 41.0 Å². The third kappa shape index (κ3) is 5.39. The standard InChI is InChI=1S/C22H21FN6O.Cl2O/c1-14-11-15(7-9-25-14)20-19(23)22(30-16-5-4-8-24-12-16)28-21(27-20)17-13-26-29-10-3-2-6-18(17)29;1-3-2/h2-3,6-7,9-11,13,16,24H,4-5,8,12H2,1H3;/t16-;/m1./s1. The second-order valence-corrected chi connectivity index (χ2v) is 7.90. The summed E-state index contributed by atoms with van der Waals surface area (Å²) in [6, 6.07) is 9.28. The number of fused-ring (bicyclic) bond motifs is 1. The van der Waals surface area contributed by atoms with E-state index in [0.29, 0.717) is 23.5 Å². The summed E-state index contributed by atoms with van der Waals surface area (Å²) in [5.41, 5.74) is 3.16. The van der Waals surface area contributed by atoms with E-state index >= 15 is 4.39 Å². The van der Waals surface area contributed by atoms with Crippen LogP contribution in [0, 0.1) is 12.7 Å². The number of piperidine rings is 1. The number of aryl methyl sites for hydroxylation is 1. The normalized spacial score (nSPS) is 15.7. The minimum atomic E-state index is -0.564. The lowest BCUT2D eigenvalue weighted by Crippen LogP contribution is -2.37. The highest BCUT2D eigenvalue weighted by molar-refractivity contribution is 6.24. The van der Waals surface area contributed by atoms with Gasteiger partial charge in [0.1, 0.15) is 11.8 Å². The van der Waals surface area contributed by atoms with Gasteiger partial charge in [0.15, 0.2) is 5.82 Å². The van der Waals surface area contributed by atoms with Crippen molar-refractivity contribution in [2.45, 2.75) is 25.9 Å². The Morgan fingerprint density at radius 3 is 2.82 bits per heavy atom. The van der Waals surface area contributed by atoms with E-state index in [0.717, 1.165) is 30.6 Å². The SMILES string of the molecule is Cc1cc(-c2nc(-c3cnn4ccccc34)nc(O[C@@H]3CCCNC3)c2F)ccn1.ClOCl. The van der Waals surface area contributed by atoms with Crippen LogP contribution in [-0.4, -0.2) is 43.8 Å². The van der Waals surface area contributed by atoms with Gasteiger partial charge in [-0.3, -0.25) is 4.98 Å². The number of nitrogens with one attached hydrogen (secondary N) is 1. The summed E-state index contributed by atoms with van der Waals surface area (Å²) in [6.07, 6.45) is 6.89. The van der Waals surface area contributed by atoms with Crippen molar-refractivity contribution in [2.24, 2.45) is 0 Å². The first-order chi connectivity index (χ1) is 16.1. The average molecular weight is 491 g/mol. The molecule has 0 saturated carbocycles. The topological polar surface area (TPSA) is 86.5 Å². The quantitative estimate of drug-likeness (QED) is 0.441. The van der Waals surface area contributed by atoms with Crippen molar-refractivity contribution in [2.75, 3.05) is 13.1 Å². The number of rotatable bonds is 4. The summed E-state index contributed by atoms with van der Waals surface area (Å²) in [6.45, 7) is 3.47. The van der Waals surface area contributed by atoms with E-state index in [-0.39, 0.29) is 17.7 Å². The molecule has 172 valence electrons. The lowest BCUT2D eigenvalue weighted by atomic mass is 10.1. The lowest BCUT2D eigenvalue weighted by Gasteiger charge is -2.24. The highest BCUT2D eigenvalue weighted by atomic mass is 35.6. The summed E-state index contributed by atoms with van der Waals surface area (Å²) < 4.78 is 26.4. The molecule has 4 aromatic rings. The van der Waals surface area contributed by atoms with Gasteiger partial charge in [0.25, 0.3) is 5.88 Å². The largest absolute Gasteiger partial charge is 0.471 e. The van der Waals surface area contributed by atoms with Gasteiger partial charge in [-0.1, -0.05) is 6.07 Å². The Hall–Kier alpha value is -2.85. The Morgan fingerprint density at radius 1 is 1.21 bits per heavy atom. The smallest absolute Gasteiger partial charge is 0.255 e. The molecule has 33 heavy (non-hydrogen) atoms. The summed E-state index contributed by atoms with van der Waals surface area (Å²) in [5.74, 6) is -0.222. The van der Waals surface area contributed by atoms with E-state index in [1.165, 1.54) is 0 Å². The predicted molar refractivity (Wildman–Crippen MR) is 123 cm³/mol. The third-order valence-corrected chi connectivity index (χ3v) is 5.19. The predicted octanol–water partition coefficient (Wildman–Crippen LogP) is 4.74. The first-order valence-electron chi connectivity index (χ1n) is 10.3. The Labute approximate surface area is 200 Å². The molecule has 0 amide bonds. The van der Waals surface area contributed by atoms with Gasteiger partial charge < -0.3 is 10.1 Å². The van der Waals surface area contributed by atoms with Crippen LogP contribution in [0.15, 0.2) is 48.9 Å². The molecular formula is C22H21Cl2FN6O2. The lowest BCUT2D eigenvalue weighted by molar-refractivity contribution is 0.153. The van der Waals surface area contributed by atoms with Crippen molar-refractivity contribution in [1.29, 1.82) is 0 Å². The van der Waals surface area contributed by atoms with Gasteiger partial charge in [0, 0.05) is 30.2 Å². The molecule has 4 aromatic heterocycles. The van der Waals surface area contributed by atoms with E-state index in [4.69, 9.17) is 4.74 Å². The van der Waals surface area contributed by atoms with Crippen LogP contribution in [0.4, 0.5) is 4.39 Å². The van der Waals surface area contributed by atoms with Crippen molar-refractivity contribution >= 4 is 29.2 Å². The minimum Gasteiger partial charge on any atom is -0.471 e. The van der Waals surface area contributed by atoms with E-state index in [9.17, 15) is 0 Å². The number of aromatic nitrogens is 5. The Kier molecular flexibility index (Phi) is 7.66. The number of hydrogen-bond acceptors (Lipinski definition) is 7. The van der Waals surface area contributed by atoms with Gasteiger partial charge in [-0.15, -0.1) is 0 Å². The average Bonchev–Trinajstić information content (AvgIpc) is 3.26. The molecule has 1 saturated heterocycles. The molecule has 1 N–H and O–H groups in total. The molecule has 0 radical (unpaired) electrons. The summed E-state index contributed by atoms with van der Waals surface area (Å²) >= 11 is 8.53. The van der Waals surface area contributed by atoms with Crippen LogP contribution in [-0.2, 0) is 3.84 Å². The molecule has 1 fully saturated rings. The van der Waals surface area contributed by atoms with Crippen molar-refractivity contribution in [1.82, 2.24) is 29.9 Å². The zero-order chi connectivity index (χ0) is 23.2. The van der Waals surface area contributed by atoms with E-state index in [2.05, 4.69) is 52.9 Å². The number of ether oxygens (including phenoxy) is 1. The molecule has 11 heteroatoms. The van der Waals surface area contributed by atoms with Crippen molar-refractivity contribution in [3.8, 4) is 28.5 Å². The molecule has 1 aliphatic rings. The maximum atomic E-state index is 15.5. The zero-order valence-corrected chi connectivity index (χ0v) is 19.2. The maximum Gasteiger partial charge on any atom is 0.255 e. The van der Waals surface area contributed by atoms with Gasteiger partial charge in [-0.2, -0.15) is 18.3 Å². The zero-order valence-electron chi connectivity index (χ0n) is 17.7. The van der Waals surface area contributed by atoms with Crippen LogP contribution >= 0.6 is 23.7 Å². The second kappa shape index (κ2) is 10.8. The molecule has 5 rings (SSSR count). The van der Waals surface area contributed by atoms with Gasteiger partial charge in [0.2, 0.25) is 5.82 Å². The molecule has 0 bridgehead atoms. The van der Waals surface area contributed by atoms with Crippen LogP contribution in [0.25, 0.3) is 28.2 Å². The molecule has 1 atom stereocenters. The van der Waals surface area contributed by atoms with Gasteiger partial charge in [-0.25, -0.2) is 9.50 Å². The minimum absolute atomic E-state index is 0.0338. The van der Waals surface area contributed by atoms with Crippen LogP contribution in [0.1, 0.15) is 18.5 Å². The maximum absolute atomic E-state index is 15.5. The molecular weight excluding hydrogens is 470 g/mol. The van der Waals surface area contributed by atoms with Crippen LogP contribution in [0.2, 0.25) is 0 Å². The molecule has 1 aliphatic heterocycles. The Balaban J connectivity index is 0.000000821. The highest BCUT2D eigenvalue weighted by Gasteiger charge is 2.23. The fourth-order valence-corrected chi connectivity index (χ4v) is 3.69. The monoisotopic (exact) mass is 490 g/mol. The van der Waals surface area contributed by atoms with E-state index in [1.807, 2.05) is 31.3 Å². The molecule has 0 unspecified atom stereocenters. The van der Waals surface area contributed by atoms with Crippen LogP contribution < -0.4 is 10.1 Å². The van der Waals surface area contributed by atoms with Gasteiger partial charge >= 0.3 is 0 Å². The Morgan fingerprint density at radius 2 is 2.06 bits per heavy atom. The molecule has 8 nitrogen and oxygen atoms in total. The summed E-state index contributed by atoms with van der Waals surface area (Å²) in [5, 5.41) is 7.64. The molecule has 0 aliphatic carbocycles. The number of pyridine rings is 2. The van der Waals surface area contributed by atoms with Gasteiger partial charge in [-0.05, 0) is 50.6 Å². The number of nitrogens with zero attached hydrogens (tertiary/aromatic N) is 5. The third-order valence-electron chi connectivity index (χ3n) is 5.19. The van der Waals surface area contributed by atoms with E-state index < -0.39 is 5.82 Å². The summed E-state index contributed by atoms with van der Waals surface area (Å²) in [7, 11) is 0. The van der Waals surface area contributed by atoms with E-state index in [1.54, 1.807) is 29.0 Å². The molecule has 0 aromatic carbocycles. The molecule has 0 spiro atoms. The van der Waals surface area contributed by atoms with Crippen LogP contribution in [0.5, 0.6) is 5.88 Å². The van der Waals surface area contributed by atoms with Crippen molar-refractivity contribution < 1.29 is 13.0 Å². The number of hydrogen-bond donors (Lipinski definition) is 1. The first-order valence-corrected chi connectivity index (χ1v) is 10.9. The fraction of sp³-hybridized carbons (Fsp3) is 0.273. The van der Waals surface area contributed by atoms with Crippen molar-refractivity contribution in [3.05, 3.63) is 60.4 Å². The van der Waals surface area contributed by atoms with Crippen LogP contribution in [0.3, 0.4) is 0 Å². The van der Waals surface area contributed by atoms with Crippen molar-refractivity contribution in [3.63, 3.8) is 0 Å². The Bertz CT molecular complexity index is 1230. The highest BCUT2D eigenvalue weighted by Crippen LogP contribution is 2.32. The molecule has 5 heterocycles. The fourth-order valence-electron chi connectivity index (χ4n) is 3.69. The second-order valence-electron chi connectivity index (χ2n) is 7.43.